The van der Waals surface area contributed by atoms with E-state index in [2.05, 4.69) is 41.5 Å². The van der Waals surface area contributed by atoms with E-state index in [4.69, 9.17) is 0 Å². The molecular formula is C29H52O. The third kappa shape index (κ3) is 3.82. The number of aliphatic hydroxyl groups is 1. The normalized spacial score (nSPS) is 49.4. The molecule has 0 saturated heterocycles. The van der Waals surface area contributed by atoms with Crippen molar-refractivity contribution in [2.45, 2.75) is 131 Å². The van der Waals surface area contributed by atoms with Crippen LogP contribution in [0.3, 0.4) is 0 Å². The van der Waals surface area contributed by atoms with Crippen LogP contribution >= 0.6 is 0 Å². The fourth-order valence-electron chi connectivity index (χ4n) is 9.67. The predicted octanol–water partition coefficient (Wildman–Crippen LogP) is 8.25. The molecule has 4 aliphatic carbocycles. The standard InChI is InChI=1S/C29H52O/c1-7-29(30)18-17-27(5)22(19-29)11-12-23-25-14-13-24(21(4)10-8-9-20(2)3)28(25,6)16-15-26(23)27/h20-26,30H,7-19H2,1-6H3/t21-,22?,23+,24-,25+,26+,27+,28-,29?/m1/s1. The van der Waals surface area contributed by atoms with Gasteiger partial charge in [0.2, 0.25) is 0 Å². The molecule has 0 aliphatic heterocycles. The van der Waals surface area contributed by atoms with Crippen molar-refractivity contribution in [1.82, 2.24) is 0 Å². The zero-order valence-electron chi connectivity index (χ0n) is 21.2. The Kier molecular flexibility index (Phi) is 6.47. The molecule has 9 atom stereocenters. The van der Waals surface area contributed by atoms with E-state index < -0.39 is 0 Å². The summed E-state index contributed by atoms with van der Waals surface area (Å²) in [5, 5.41) is 11.0. The molecule has 174 valence electrons. The first kappa shape index (κ1) is 23.1. The van der Waals surface area contributed by atoms with Crippen LogP contribution in [0.2, 0.25) is 0 Å². The highest BCUT2D eigenvalue weighted by Crippen LogP contribution is 2.69. The van der Waals surface area contributed by atoms with Gasteiger partial charge >= 0.3 is 0 Å². The average molecular weight is 417 g/mol. The van der Waals surface area contributed by atoms with E-state index in [0.717, 1.165) is 60.7 Å². The van der Waals surface area contributed by atoms with Gasteiger partial charge in [0.25, 0.3) is 0 Å². The minimum Gasteiger partial charge on any atom is -0.390 e. The Morgan fingerprint density at radius 1 is 0.833 bits per heavy atom. The second-order valence-corrected chi connectivity index (χ2v) is 13.5. The second kappa shape index (κ2) is 8.39. The summed E-state index contributed by atoms with van der Waals surface area (Å²) in [5.41, 5.74) is 0.761. The number of hydrogen-bond acceptors (Lipinski definition) is 1. The van der Waals surface area contributed by atoms with Crippen LogP contribution in [0.5, 0.6) is 0 Å². The summed E-state index contributed by atoms with van der Waals surface area (Å²) in [4.78, 5) is 0. The molecule has 0 spiro atoms. The summed E-state index contributed by atoms with van der Waals surface area (Å²) in [7, 11) is 0. The van der Waals surface area contributed by atoms with Gasteiger partial charge in [0, 0.05) is 0 Å². The van der Waals surface area contributed by atoms with Crippen LogP contribution in [0.15, 0.2) is 0 Å². The van der Waals surface area contributed by atoms with Crippen LogP contribution in [-0.2, 0) is 0 Å². The first-order chi connectivity index (χ1) is 14.1. The molecule has 4 saturated carbocycles. The van der Waals surface area contributed by atoms with E-state index in [9.17, 15) is 5.11 Å². The average Bonchev–Trinajstić information content (AvgIpc) is 3.05. The lowest BCUT2D eigenvalue weighted by atomic mass is 9.43. The van der Waals surface area contributed by atoms with Crippen molar-refractivity contribution in [1.29, 1.82) is 0 Å². The summed E-state index contributed by atoms with van der Waals surface area (Å²) >= 11 is 0. The van der Waals surface area contributed by atoms with Crippen molar-refractivity contribution in [3.8, 4) is 0 Å². The fourth-order valence-corrected chi connectivity index (χ4v) is 9.67. The maximum absolute atomic E-state index is 11.0. The molecule has 0 amide bonds. The van der Waals surface area contributed by atoms with Crippen molar-refractivity contribution >= 4 is 0 Å². The summed E-state index contributed by atoms with van der Waals surface area (Å²) in [5.74, 6) is 6.41. The first-order valence-corrected chi connectivity index (χ1v) is 13.9. The summed E-state index contributed by atoms with van der Waals surface area (Å²) in [6.07, 6.45) is 17.5. The van der Waals surface area contributed by atoms with E-state index in [1.54, 1.807) is 0 Å². The SMILES string of the molecule is CCC1(O)CC[C@@]2(C)C(CC[C@H]3[C@@H]4CC[C@H]([C@H](C)CCCC(C)C)[C@@]4(C)CC[C@@H]32)C1. The lowest BCUT2D eigenvalue weighted by Crippen LogP contribution is -2.56. The van der Waals surface area contributed by atoms with Gasteiger partial charge in [-0.05, 0) is 116 Å². The Hall–Kier alpha value is -0.0400. The highest BCUT2D eigenvalue weighted by molar-refractivity contribution is 5.10. The molecule has 0 aromatic carbocycles. The van der Waals surface area contributed by atoms with Gasteiger partial charge in [0.15, 0.2) is 0 Å². The third-order valence-corrected chi connectivity index (χ3v) is 11.7. The Labute approximate surface area is 188 Å². The minimum atomic E-state index is -0.357. The van der Waals surface area contributed by atoms with Gasteiger partial charge in [0.05, 0.1) is 5.60 Å². The van der Waals surface area contributed by atoms with Crippen LogP contribution < -0.4 is 0 Å². The van der Waals surface area contributed by atoms with Crippen molar-refractivity contribution in [2.24, 2.45) is 52.3 Å². The Morgan fingerprint density at radius 2 is 1.57 bits per heavy atom. The highest BCUT2D eigenvalue weighted by atomic mass is 16.3. The van der Waals surface area contributed by atoms with Gasteiger partial charge < -0.3 is 5.11 Å². The number of fused-ring (bicyclic) bond motifs is 5. The summed E-state index contributed by atoms with van der Waals surface area (Å²) in [6, 6.07) is 0. The third-order valence-electron chi connectivity index (χ3n) is 11.7. The van der Waals surface area contributed by atoms with E-state index in [0.29, 0.717) is 10.8 Å². The van der Waals surface area contributed by atoms with E-state index in [-0.39, 0.29) is 5.60 Å². The molecule has 0 radical (unpaired) electrons. The van der Waals surface area contributed by atoms with E-state index in [1.807, 2.05) is 0 Å². The van der Waals surface area contributed by atoms with Crippen molar-refractivity contribution in [2.75, 3.05) is 0 Å². The molecule has 4 aliphatic rings. The van der Waals surface area contributed by atoms with Gasteiger partial charge in [-0.1, -0.05) is 60.8 Å². The topological polar surface area (TPSA) is 20.2 Å². The molecule has 1 N–H and O–H groups in total. The van der Waals surface area contributed by atoms with Gasteiger partial charge in [-0.3, -0.25) is 0 Å². The maximum Gasteiger partial charge on any atom is 0.0648 e. The lowest BCUT2D eigenvalue weighted by Gasteiger charge is -2.62. The lowest BCUT2D eigenvalue weighted by molar-refractivity contribution is -0.152. The van der Waals surface area contributed by atoms with Crippen molar-refractivity contribution < 1.29 is 5.11 Å². The quantitative estimate of drug-likeness (QED) is 0.462. The monoisotopic (exact) mass is 416 g/mol. The van der Waals surface area contributed by atoms with Crippen molar-refractivity contribution in [3.05, 3.63) is 0 Å². The molecular weight excluding hydrogens is 364 g/mol. The Bertz CT molecular complexity index is 597. The van der Waals surface area contributed by atoms with Gasteiger partial charge in [-0.2, -0.15) is 0 Å². The smallest absolute Gasteiger partial charge is 0.0648 e. The molecule has 1 heteroatoms. The van der Waals surface area contributed by atoms with Crippen LogP contribution in [0.4, 0.5) is 0 Å². The zero-order chi connectivity index (χ0) is 21.7. The van der Waals surface area contributed by atoms with Crippen LogP contribution in [-0.4, -0.2) is 10.7 Å². The molecule has 0 aromatic heterocycles. The Morgan fingerprint density at radius 3 is 2.27 bits per heavy atom. The van der Waals surface area contributed by atoms with Gasteiger partial charge in [-0.15, -0.1) is 0 Å². The van der Waals surface area contributed by atoms with E-state index >= 15 is 0 Å². The zero-order valence-corrected chi connectivity index (χ0v) is 21.2. The van der Waals surface area contributed by atoms with Crippen molar-refractivity contribution in [3.63, 3.8) is 0 Å². The molecule has 4 fully saturated rings. The van der Waals surface area contributed by atoms with Crippen LogP contribution in [0, 0.1) is 52.3 Å². The molecule has 0 heterocycles. The summed E-state index contributed by atoms with van der Waals surface area (Å²) < 4.78 is 0. The highest BCUT2D eigenvalue weighted by Gasteiger charge is 2.61. The predicted molar refractivity (Wildman–Crippen MR) is 128 cm³/mol. The fraction of sp³-hybridized carbons (Fsp3) is 1.00. The molecule has 1 nitrogen and oxygen atoms in total. The first-order valence-electron chi connectivity index (χ1n) is 13.9. The molecule has 4 rings (SSSR count). The maximum atomic E-state index is 11.0. The number of rotatable bonds is 6. The van der Waals surface area contributed by atoms with Crippen LogP contribution in [0.1, 0.15) is 125 Å². The van der Waals surface area contributed by atoms with Crippen LogP contribution in [0.25, 0.3) is 0 Å². The van der Waals surface area contributed by atoms with Gasteiger partial charge in [-0.25, -0.2) is 0 Å². The molecule has 0 aromatic rings. The number of hydrogen-bond donors (Lipinski definition) is 1. The molecule has 2 unspecified atom stereocenters. The summed E-state index contributed by atoms with van der Waals surface area (Å²) in [6.45, 7) is 14.9. The Balaban J connectivity index is 1.46. The molecule has 0 bridgehead atoms. The largest absolute Gasteiger partial charge is 0.390 e. The molecule has 30 heavy (non-hydrogen) atoms. The van der Waals surface area contributed by atoms with Gasteiger partial charge in [0.1, 0.15) is 0 Å². The second-order valence-electron chi connectivity index (χ2n) is 13.5. The van der Waals surface area contributed by atoms with E-state index in [1.165, 1.54) is 64.2 Å². The minimum absolute atomic E-state index is 0.357.